The van der Waals surface area contributed by atoms with Crippen LogP contribution in [0.3, 0.4) is 0 Å². The van der Waals surface area contributed by atoms with Gasteiger partial charge in [-0.15, -0.1) is 0 Å². The average Bonchev–Trinajstić information content (AvgIpc) is 2.93. The number of ether oxygens (including phenoxy) is 1. The number of benzene rings is 1. The Hall–Kier alpha value is -3.23. The standard InChI is InChI=1S/C31H44N4O4/c1-33-21-25(23-12-14-34-15-13-23)6-4-3-5-7-27(36)19-28(37)10-9-24-18-30(39-2)29(38)17-26(24)16-22-8-11-31(32)35-20-22/h8-11,17-18,20,23,25,33-34,38H,3-7,12-16,19,21H2,1-2H3,(H2,32,35)/t25-/m0/s1. The van der Waals surface area contributed by atoms with Gasteiger partial charge in [0.15, 0.2) is 17.3 Å². The number of piperidine rings is 1. The number of nitrogen functional groups attached to an aromatic ring is 1. The molecule has 2 aromatic rings. The van der Waals surface area contributed by atoms with Crippen molar-refractivity contribution in [3.63, 3.8) is 0 Å². The van der Waals surface area contributed by atoms with Crippen molar-refractivity contribution in [3.8, 4) is 11.5 Å². The van der Waals surface area contributed by atoms with Crippen molar-refractivity contribution in [2.45, 2.75) is 57.8 Å². The van der Waals surface area contributed by atoms with Crippen LogP contribution in [0.2, 0.25) is 0 Å². The van der Waals surface area contributed by atoms with E-state index >= 15 is 0 Å². The number of anilines is 1. The monoisotopic (exact) mass is 536 g/mol. The number of aromatic hydroxyl groups is 1. The average molecular weight is 537 g/mol. The molecule has 39 heavy (non-hydrogen) atoms. The van der Waals surface area contributed by atoms with Crippen LogP contribution < -0.4 is 21.1 Å². The van der Waals surface area contributed by atoms with Crippen LogP contribution >= 0.6 is 0 Å². The fourth-order valence-corrected chi connectivity index (χ4v) is 5.37. The van der Waals surface area contributed by atoms with E-state index in [1.54, 1.807) is 30.5 Å². The molecule has 8 nitrogen and oxygen atoms in total. The molecule has 0 amide bonds. The number of aromatic nitrogens is 1. The number of rotatable bonds is 16. The molecular formula is C31H44N4O4. The number of carbonyl (C=O) groups excluding carboxylic acids is 2. The van der Waals surface area contributed by atoms with Crippen molar-refractivity contribution in [1.29, 1.82) is 0 Å². The molecule has 1 atom stereocenters. The van der Waals surface area contributed by atoms with Crippen LogP contribution in [0.5, 0.6) is 11.5 Å². The Labute approximate surface area is 232 Å². The number of hydrogen-bond donors (Lipinski definition) is 4. The maximum absolute atomic E-state index is 12.6. The van der Waals surface area contributed by atoms with Gasteiger partial charge in [-0.25, -0.2) is 4.98 Å². The van der Waals surface area contributed by atoms with Gasteiger partial charge in [0, 0.05) is 12.6 Å². The van der Waals surface area contributed by atoms with Crippen LogP contribution in [0.4, 0.5) is 5.82 Å². The van der Waals surface area contributed by atoms with Crippen molar-refractivity contribution < 1.29 is 19.4 Å². The van der Waals surface area contributed by atoms with E-state index in [1.165, 1.54) is 32.4 Å². The first-order valence-electron chi connectivity index (χ1n) is 14.1. The fraction of sp³-hybridized carbons (Fsp3) is 0.516. The molecule has 212 valence electrons. The lowest BCUT2D eigenvalue weighted by molar-refractivity contribution is -0.124. The predicted molar refractivity (Wildman–Crippen MR) is 156 cm³/mol. The fourth-order valence-electron chi connectivity index (χ4n) is 5.37. The normalized spacial score (nSPS) is 14.9. The van der Waals surface area contributed by atoms with Gasteiger partial charge in [0.05, 0.1) is 13.5 Å². The predicted octanol–water partition coefficient (Wildman–Crippen LogP) is 4.30. The number of hydrogen-bond acceptors (Lipinski definition) is 8. The van der Waals surface area contributed by atoms with E-state index in [0.29, 0.717) is 30.3 Å². The van der Waals surface area contributed by atoms with E-state index in [-0.39, 0.29) is 23.7 Å². The number of phenolic OH excluding ortho intramolecular Hbond substituents is 1. The second-order valence-corrected chi connectivity index (χ2v) is 10.5. The largest absolute Gasteiger partial charge is 0.504 e. The van der Waals surface area contributed by atoms with Crippen molar-refractivity contribution in [3.05, 3.63) is 53.2 Å². The van der Waals surface area contributed by atoms with Gasteiger partial charge in [-0.3, -0.25) is 9.59 Å². The van der Waals surface area contributed by atoms with Crippen molar-refractivity contribution in [2.24, 2.45) is 11.8 Å². The van der Waals surface area contributed by atoms with Crippen LogP contribution in [0.25, 0.3) is 6.08 Å². The van der Waals surface area contributed by atoms with E-state index < -0.39 is 0 Å². The Morgan fingerprint density at radius 3 is 2.72 bits per heavy atom. The third-order valence-electron chi connectivity index (χ3n) is 7.55. The Bertz CT molecular complexity index is 1090. The topological polar surface area (TPSA) is 127 Å². The Kier molecular flexibility index (Phi) is 12.4. The molecule has 0 aliphatic carbocycles. The van der Waals surface area contributed by atoms with Crippen LogP contribution in [-0.4, -0.2) is 55.4 Å². The molecule has 0 unspecified atom stereocenters. The molecule has 1 aliphatic heterocycles. The van der Waals surface area contributed by atoms with Gasteiger partial charge in [-0.2, -0.15) is 0 Å². The summed E-state index contributed by atoms with van der Waals surface area (Å²) in [4.78, 5) is 29.1. The van der Waals surface area contributed by atoms with Gasteiger partial charge in [-0.1, -0.05) is 25.0 Å². The number of nitrogens with two attached hydrogens (primary N) is 1. The number of methoxy groups -OCH3 is 1. The number of nitrogens with zero attached hydrogens (tertiary/aromatic N) is 1. The molecule has 1 fully saturated rings. The Morgan fingerprint density at radius 1 is 1.23 bits per heavy atom. The van der Waals surface area contributed by atoms with Gasteiger partial charge in [0.2, 0.25) is 0 Å². The summed E-state index contributed by atoms with van der Waals surface area (Å²) in [7, 11) is 3.50. The third kappa shape index (κ3) is 10.1. The summed E-state index contributed by atoms with van der Waals surface area (Å²) in [5.74, 6) is 1.98. The molecule has 0 radical (unpaired) electrons. The highest BCUT2D eigenvalue weighted by molar-refractivity contribution is 6.06. The molecule has 3 rings (SSSR count). The lowest BCUT2D eigenvalue weighted by Crippen LogP contribution is -2.35. The molecule has 0 saturated carbocycles. The molecule has 1 aromatic carbocycles. The zero-order valence-electron chi connectivity index (χ0n) is 23.4. The minimum Gasteiger partial charge on any atom is -0.504 e. The SMILES string of the molecule is CNC[C@H](CCCCCC(=O)CC(=O)C=Cc1cc(OC)c(O)cc1Cc1ccc(N)nc1)C1CCNCC1. The van der Waals surface area contributed by atoms with Crippen molar-refractivity contribution >= 4 is 23.5 Å². The first-order chi connectivity index (χ1) is 18.9. The quantitative estimate of drug-likeness (QED) is 0.142. The first-order valence-corrected chi connectivity index (χ1v) is 14.1. The molecule has 0 spiro atoms. The molecule has 1 saturated heterocycles. The van der Waals surface area contributed by atoms with E-state index in [4.69, 9.17) is 10.5 Å². The molecule has 5 N–H and O–H groups in total. The highest BCUT2D eigenvalue weighted by Gasteiger charge is 2.22. The van der Waals surface area contributed by atoms with Crippen molar-refractivity contribution in [2.75, 3.05) is 39.5 Å². The number of ketones is 2. The van der Waals surface area contributed by atoms with Gasteiger partial charge in [0.1, 0.15) is 11.6 Å². The Morgan fingerprint density at radius 2 is 2.03 bits per heavy atom. The lowest BCUT2D eigenvalue weighted by atomic mass is 9.81. The first kappa shape index (κ1) is 30.3. The summed E-state index contributed by atoms with van der Waals surface area (Å²) in [6, 6.07) is 6.90. The number of carbonyl (C=O) groups is 2. The van der Waals surface area contributed by atoms with Crippen LogP contribution in [0, 0.1) is 11.8 Å². The second kappa shape index (κ2) is 16.0. The maximum atomic E-state index is 12.6. The molecule has 1 aliphatic rings. The summed E-state index contributed by atoms with van der Waals surface area (Å²) in [6.45, 7) is 3.28. The second-order valence-electron chi connectivity index (χ2n) is 10.5. The minimum atomic E-state index is -0.230. The summed E-state index contributed by atoms with van der Waals surface area (Å²) >= 11 is 0. The highest BCUT2D eigenvalue weighted by Crippen LogP contribution is 2.31. The number of nitrogens with one attached hydrogen (secondary N) is 2. The lowest BCUT2D eigenvalue weighted by Gasteiger charge is -2.30. The number of allylic oxidation sites excluding steroid dienone is 1. The molecular weight excluding hydrogens is 492 g/mol. The summed E-state index contributed by atoms with van der Waals surface area (Å²) in [6.07, 6.45) is 12.3. The number of Topliss-reactive ketones (excluding diaryl/α,β-unsaturated/α-hetero) is 1. The van der Waals surface area contributed by atoms with Crippen LogP contribution in [0.1, 0.15) is 68.1 Å². The highest BCUT2D eigenvalue weighted by atomic mass is 16.5. The number of unbranched alkanes of at least 4 members (excludes halogenated alkanes) is 2. The van der Waals surface area contributed by atoms with Crippen molar-refractivity contribution in [1.82, 2.24) is 15.6 Å². The number of pyridine rings is 1. The van der Waals surface area contributed by atoms with Gasteiger partial charge in [0.25, 0.3) is 0 Å². The van der Waals surface area contributed by atoms with Crippen LogP contribution in [-0.2, 0) is 16.0 Å². The minimum absolute atomic E-state index is 0.0163. The van der Waals surface area contributed by atoms with E-state index in [0.717, 1.165) is 61.5 Å². The van der Waals surface area contributed by atoms with Gasteiger partial charge >= 0.3 is 0 Å². The smallest absolute Gasteiger partial charge is 0.163 e. The van der Waals surface area contributed by atoms with Gasteiger partial charge < -0.3 is 26.2 Å². The summed E-state index contributed by atoms with van der Waals surface area (Å²) < 4.78 is 5.25. The summed E-state index contributed by atoms with van der Waals surface area (Å²) in [5.41, 5.74) is 8.13. The van der Waals surface area contributed by atoms with Gasteiger partial charge in [-0.05, 0) is 112 Å². The zero-order chi connectivity index (χ0) is 28.0. The number of phenols is 1. The maximum Gasteiger partial charge on any atom is 0.163 e. The zero-order valence-corrected chi connectivity index (χ0v) is 23.4. The van der Waals surface area contributed by atoms with E-state index in [9.17, 15) is 14.7 Å². The third-order valence-corrected chi connectivity index (χ3v) is 7.55. The molecule has 2 heterocycles. The molecule has 0 bridgehead atoms. The van der Waals surface area contributed by atoms with Crippen LogP contribution in [0.15, 0.2) is 36.5 Å². The Balaban J connectivity index is 1.48. The molecule has 8 heteroatoms. The van der Waals surface area contributed by atoms with E-state index in [1.807, 2.05) is 13.1 Å². The molecule has 1 aromatic heterocycles. The summed E-state index contributed by atoms with van der Waals surface area (Å²) in [5, 5.41) is 17.1. The van der Waals surface area contributed by atoms with E-state index in [2.05, 4.69) is 15.6 Å².